The standard InChI is InChI=1S/C11H9IN6/c12-6-3-1-2-4-7(6)16-10-8-9(15-5-14-8)17-11(13)18-10/h1-5H,(H4,13,14,15,16,17,18). The molecule has 2 heterocycles. The number of H-pyrrole nitrogens is 1. The lowest BCUT2D eigenvalue weighted by molar-refractivity contribution is 1.21. The number of fused-ring (bicyclic) bond motifs is 1. The predicted octanol–water partition coefficient (Wildman–Crippen LogP) is 2.28. The highest BCUT2D eigenvalue weighted by atomic mass is 127. The number of nitrogens with zero attached hydrogens (tertiary/aromatic N) is 3. The van der Waals surface area contributed by atoms with Gasteiger partial charge in [0.15, 0.2) is 11.5 Å². The number of nitrogens with one attached hydrogen (secondary N) is 2. The van der Waals surface area contributed by atoms with E-state index in [1.54, 1.807) is 6.33 Å². The van der Waals surface area contributed by atoms with Crippen molar-refractivity contribution in [3.8, 4) is 0 Å². The number of rotatable bonds is 2. The van der Waals surface area contributed by atoms with Crippen molar-refractivity contribution >= 4 is 51.2 Å². The van der Waals surface area contributed by atoms with E-state index in [4.69, 9.17) is 5.73 Å². The van der Waals surface area contributed by atoms with Crippen molar-refractivity contribution in [3.63, 3.8) is 0 Å². The van der Waals surface area contributed by atoms with Crippen LogP contribution >= 0.6 is 22.6 Å². The molecule has 0 radical (unpaired) electrons. The average Bonchev–Trinajstić information content (AvgIpc) is 2.80. The molecule has 0 aliphatic carbocycles. The van der Waals surface area contributed by atoms with Gasteiger partial charge in [0.2, 0.25) is 5.95 Å². The van der Waals surface area contributed by atoms with Crippen molar-refractivity contribution in [1.82, 2.24) is 19.9 Å². The molecule has 0 unspecified atom stereocenters. The molecule has 7 heteroatoms. The number of anilines is 3. The molecule has 0 saturated heterocycles. The fraction of sp³-hybridized carbons (Fsp3) is 0. The monoisotopic (exact) mass is 352 g/mol. The van der Waals surface area contributed by atoms with Gasteiger partial charge in [-0.05, 0) is 34.7 Å². The summed E-state index contributed by atoms with van der Waals surface area (Å²) < 4.78 is 1.10. The van der Waals surface area contributed by atoms with Gasteiger partial charge in [0.25, 0.3) is 0 Å². The second kappa shape index (κ2) is 4.41. The number of aromatic nitrogens is 4. The highest BCUT2D eigenvalue weighted by Gasteiger charge is 2.09. The molecule has 0 aliphatic rings. The van der Waals surface area contributed by atoms with E-state index in [1.165, 1.54) is 0 Å². The minimum atomic E-state index is 0.197. The van der Waals surface area contributed by atoms with Gasteiger partial charge in [-0.3, -0.25) is 0 Å². The highest BCUT2D eigenvalue weighted by Crippen LogP contribution is 2.25. The molecule has 0 spiro atoms. The van der Waals surface area contributed by atoms with Gasteiger partial charge in [-0.15, -0.1) is 0 Å². The first-order valence-corrected chi connectivity index (χ1v) is 6.30. The minimum absolute atomic E-state index is 0.197. The lowest BCUT2D eigenvalue weighted by Gasteiger charge is -2.08. The van der Waals surface area contributed by atoms with Crippen molar-refractivity contribution in [3.05, 3.63) is 34.2 Å². The van der Waals surface area contributed by atoms with Crippen LogP contribution in [0.2, 0.25) is 0 Å². The first-order valence-electron chi connectivity index (χ1n) is 5.22. The second-order valence-corrected chi connectivity index (χ2v) is 4.80. The maximum Gasteiger partial charge on any atom is 0.224 e. The Morgan fingerprint density at radius 2 is 2.06 bits per heavy atom. The van der Waals surface area contributed by atoms with E-state index in [0.29, 0.717) is 11.5 Å². The first kappa shape index (κ1) is 11.2. The summed E-state index contributed by atoms with van der Waals surface area (Å²) in [5.41, 5.74) is 7.91. The molecule has 3 rings (SSSR count). The zero-order valence-corrected chi connectivity index (χ0v) is 11.3. The zero-order chi connectivity index (χ0) is 12.5. The summed E-state index contributed by atoms with van der Waals surface area (Å²) in [5.74, 6) is 0.821. The fourth-order valence-corrected chi connectivity index (χ4v) is 2.15. The van der Waals surface area contributed by atoms with Gasteiger partial charge in [-0.1, -0.05) is 12.1 Å². The number of benzene rings is 1. The van der Waals surface area contributed by atoms with Gasteiger partial charge < -0.3 is 16.0 Å². The molecule has 0 aliphatic heterocycles. The Morgan fingerprint density at radius 1 is 1.22 bits per heavy atom. The topological polar surface area (TPSA) is 92.5 Å². The summed E-state index contributed by atoms with van der Waals surface area (Å²) >= 11 is 2.26. The molecule has 6 nitrogen and oxygen atoms in total. The smallest absolute Gasteiger partial charge is 0.224 e. The SMILES string of the molecule is Nc1nc(Nc2ccccc2I)c2[nH]cnc2n1. The molecule has 2 aromatic heterocycles. The van der Waals surface area contributed by atoms with E-state index >= 15 is 0 Å². The van der Waals surface area contributed by atoms with Crippen molar-refractivity contribution in [2.45, 2.75) is 0 Å². The number of halogens is 1. The molecule has 0 fully saturated rings. The van der Waals surface area contributed by atoms with Crippen molar-refractivity contribution in [2.24, 2.45) is 0 Å². The van der Waals surface area contributed by atoms with Crippen LogP contribution in [0.1, 0.15) is 0 Å². The first-order chi connectivity index (χ1) is 8.74. The van der Waals surface area contributed by atoms with Crippen LogP contribution in [0.3, 0.4) is 0 Å². The van der Waals surface area contributed by atoms with Crippen LogP contribution in [0.25, 0.3) is 11.2 Å². The van der Waals surface area contributed by atoms with E-state index in [1.807, 2.05) is 24.3 Å². The van der Waals surface area contributed by atoms with Crippen molar-refractivity contribution in [2.75, 3.05) is 11.1 Å². The van der Waals surface area contributed by atoms with Crippen LogP contribution in [0.4, 0.5) is 17.5 Å². The fourth-order valence-electron chi connectivity index (χ4n) is 1.63. The lowest BCUT2D eigenvalue weighted by Crippen LogP contribution is -2.02. The van der Waals surface area contributed by atoms with Gasteiger partial charge in [0.1, 0.15) is 5.52 Å². The number of para-hydroxylation sites is 1. The number of hydrogen-bond acceptors (Lipinski definition) is 5. The van der Waals surface area contributed by atoms with Crippen LogP contribution < -0.4 is 11.1 Å². The normalized spacial score (nSPS) is 10.7. The van der Waals surface area contributed by atoms with Crippen molar-refractivity contribution < 1.29 is 0 Å². The number of nitrogen functional groups attached to an aromatic ring is 1. The minimum Gasteiger partial charge on any atom is -0.368 e. The highest BCUT2D eigenvalue weighted by molar-refractivity contribution is 14.1. The van der Waals surface area contributed by atoms with E-state index in [0.717, 1.165) is 14.8 Å². The second-order valence-electron chi connectivity index (χ2n) is 3.64. The number of hydrogen-bond donors (Lipinski definition) is 3. The Morgan fingerprint density at radius 3 is 2.89 bits per heavy atom. The molecule has 0 bridgehead atoms. The van der Waals surface area contributed by atoms with E-state index in [-0.39, 0.29) is 5.95 Å². The van der Waals surface area contributed by atoms with E-state index in [9.17, 15) is 0 Å². The van der Waals surface area contributed by atoms with Crippen LogP contribution in [0.5, 0.6) is 0 Å². The molecule has 0 atom stereocenters. The summed E-state index contributed by atoms with van der Waals surface area (Å²) in [5, 5.41) is 3.23. The molecule has 3 aromatic rings. The predicted molar refractivity (Wildman–Crippen MR) is 78.5 cm³/mol. The molecule has 1 aromatic carbocycles. The van der Waals surface area contributed by atoms with Gasteiger partial charge in [0, 0.05) is 3.57 Å². The Bertz CT molecular complexity index is 708. The summed E-state index contributed by atoms with van der Waals surface area (Å²) in [4.78, 5) is 15.3. The van der Waals surface area contributed by atoms with Crippen LogP contribution in [-0.4, -0.2) is 19.9 Å². The molecule has 0 amide bonds. The van der Waals surface area contributed by atoms with E-state index < -0.39 is 0 Å². The van der Waals surface area contributed by atoms with Gasteiger partial charge in [0.05, 0.1) is 12.0 Å². The summed E-state index contributed by atoms with van der Waals surface area (Å²) in [6, 6.07) is 7.92. The van der Waals surface area contributed by atoms with Crippen LogP contribution in [0, 0.1) is 3.57 Å². The third kappa shape index (κ3) is 1.96. The van der Waals surface area contributed by atoms with E-state index in [2.05, 4.69) is 47.8 Å². The maximum absolute atomic E-state index is 5.66. The average molecular weight is 352 g/mol. The lowest BCUT2D eigenvalue weighted by atomic mass is 10.3. The molecular weight excluding hydrogens is 343 g/mol. The Hall–Kier alpha value is -1.90. The molecule has 18 heavy (non-hydrogen) atoms. The molecule has 4 N–H and O–H groups in total. The van der Waals surface area contributed by atoms with Crippen LogP contribution in [-0.2, 0) is 0 Å². The largest absolute Gasteiger partial charge is 0.368 e. The Balaban J connectivity index is 2.10. The third-order valence-corrected chi connectivity index (χ3v) is 3.37. The number of imidazole rings is 1. The zero-order valence-electron chi connectivity index (χ0n) is 9.18. The molecule has 90 valence electrons. The summed E-state index contributed by atoms with van der Waals surface area (Å²) in [7, 11) is 0. The summed E-state index contributed by atoms with van der Waals surface area (Å²) in [6.45, 7) is 0. The quantitative estimate of drug-likeness (QED) is 0.616. The molecule has 0 saturated carbocycles. The third-order valence-electron chi connectivity index (χ3n) is 2.43. The maximum atomic E-state index is 5.66. The van der Waals surface area contributed by atoms with Gasteiger partial charge in [-0.2, -0.15) is 9.97 Å². The Kier molecular flexibility index (Phi) is 2.74. The summed E-state index contributed by atoms with van der Waals surface area (Å²) in [6.07, 6.45) is 1.57. The number of nitrogens with two attached hydrogens (primary N) is 1. The van der Waals surface area contributed by atoms with Crippen LogP contribution in [0.15, 0.2) is 30.6 Å². The van der Waals surface area contributed by atoms with Gasteiger partial charge in [-0.25, -0.2) is 4.98 Å². The van der Waals surface area contributed by atoms with Crippen molar-refractivity contribution in [1.29, 1.82) is 0 Å². The molecular formula is C11H9IN6. The Labute approximate surface area is 116 Å². The number of aromatic amines is 1. The van der Waals surface area contributed by atoms with Gasteiger partial charge >= 0.3 is 0 Å².